The Balaban J connectivity index is 1.62. The molecule has 2 rings (SSSR count). The van der Waals surface area contributed by atoms with Gasteiger partial charge in [-0.05, 0) is 27.2 Å². The third-order valence-corrected chi connectivity index (χ3v) is 5.83. The van der Waals surface area contributed by atoms with Crippen LogP contribution < -0.4 is 5.32 Å². The van der Waals surface area contributed by atoms with E-state index in [-0.39, 0.29) is 5.91 Å². The van der Waals surface area contributed by atoms with Gasteiger partial charge in [-0.2, -0.15) is 0 Å². The summed E-state index contributed by atoms with van der Waals surface area (Å²) >= 11 is 4.89. The first-order chi connectivity index (χ1) is 10.0. The van der Waals surface area contributed by atoms with Crippen molar-refractivity contribution in [2.45, 2.75) is 38.0 Å². The summed E-state index contributed by atoms with van der Waals surface area (Å²) in [6.45, 7) is 6.56. The van der Waals surface area contributed by atoms with Gasteiger partial charge < -0.3 is 5.32 Å². The summed E-state index contributed by atoms with van der Waals surface area (Å²) in [4.78, 5) is 17.2. The number of amides is 1. The topological polar surface area (TPSA) is 67.8 Å². The van der Waals surface area contributed by atoms with Gasteiger partial charge >= 0.3 is 0 Å². The monoisotopic (exact) mass is 342 g/mol. The van der Waals surface area contributed by atoms with Crippen LogP contribution in [0.2, 0.25) is 0 Å². The molecule has 0 bridgehead atoms. The Morgan fingerprint density at radius 1 is 1.19 bits per heavy atom. The highest BCUT2D eigenvalue weighted by molar-refractivity contribution is 8.01. The van der Waals surface area contributed by atoms with Gasteiger partial charge in [0.2, 0.25) is 5.91 Å². The number of carbonyl (C=O) groups is 1. The molecule has 1 N–H and O–H groups in total. The molecule has 0 aliphatic rings. The molecule has 0 aliphatic carbocycles. The van der Waals surface area contributed by atoms with E-state index in [0.717, 1.165) is 37.1 Å². The number of thioether (sulfide) groups is 1. The Morgan fingerprint density at radius 3 is 2.62 bits per heavy atom. The van der Waals surface area contributed by atoms with Crippen LogP contribution in [-0.2, 0) is 11.2 Å². The van der Waals surface area contributed by atoms with Crippen LogP contribution in [-0.4, -0.2) is 33.4 Å². The van der Waals surface area contributed by atoms with E-state index in [1.165, 1.54) is 0 Å². The van der Waals surface area contributed by atoms with Crippen molar-refractivity contribution >= 4 is 40.3 Å². The summed E-state index contributed by atoms with van der Waals surface area (Å²) < 4.78 is 0.995. The second-order valence-corrected chi connectivity index (χ2v) is 8.37. The van der Waals surface area contributed by atoms with E-state index in [1.54, 1.807) is 34.4 Å². The lowest BCUT2D eigenvalue weighted by atomic mass is 10.3. The van der Waals surface area contributed by atoms with Crippen LogP contribution >= 0.6 is 34.4 Å². The number of nitrogens with zero attached hydrogens (tertiary/aromatic N) is 3. The van der Waals surface area contributed by atoms with E-state index in [2.05, 4.69) is 20.5 Å². The van der Waals surface area contributed by atoms with Gasteiger partial charge in [-0.25, -0.2) is 4.98 Å². The fourth-order valence-electron chi connectivity index (χ4n) is 1.74. The average Bonchev–Trinajstić information content (AvgIpc) is 2.95. The number of aryl methyl sites for hydroxylation is 3. The fraction of sp³-hybridized carbons (Fsp3) is 0.538. The molecule has 2 heterocycles. The largest absolute Gasteiger partial charge is 0.356 e. The Morgan fingerprint density at radius 2 is 2.00 bits per heavy atom. The first-order valence-electron chi connectivity index (χ1n) is 6.67. The standard InChI is InChI=1S/C13H18N4OS3/c1-8-11(20-9(2)15-8)7-12(18)14-5-4-6-19-13-17-16-10(3)21-13/h4-7H2,1-3H3,(H,14,18). The maximum Gasteiger partial charge on any atom is 0.225 e. The molecule has 5 nitrogen and oxygen atoms in total. The molecule has 2 aromatic rings. The van der Waals surface area contributed by atoms with Crippen molar-refractivity contribution in [1.29, 1.82) is 0 Å². The fourth-order valence-corrected chi connectivity index (χ4v) is 4.50. The number of carbonyl (C=O) groups excluding carboxylic acids is 1. The van der Waals surface area contributed by atoms with Crippen molar-refractivity contribution in [3.8, 4) is 0 Å². The molecular formula is C13H18N4OS3. The lowest BCUT2D eigenvalue weighted by Gasteiger charge is -2.03. The molecule has 1 amide bonds. The van der Waals surface area contributed by atoms with E-state index in [0.29, 0.717) is 13.0 Å². The van der Waals surface area contributed by atoms with Gasteiger partial charge in [-0.3, -0.25) is 4.79 Å². The quantitative estimate of drug-likeness (QED) is 0.619. The van der Waals surface area contributed by atoms with Gasteiger partial charge in [-0.1, -0.05) is 23.1 Å². The Labute approximate surface area is 136 Å². The SMILES string of the molecule is Cc1nnc(SCCCNC(=O)Cc2sc(C)nc2C)s1. The third-order valence-electron chi connectivity index (χ3n) is 2.70. The minimum absolute atomic E-state index is 0.0681. The molecule has 0 saturated heterocycles. The van der Waals surface area contributed by atoms with Gasteiger partial charge in [0, 0.05) is 17.2 Å². The highest BCUT2D eigenvalue weighted by Gasteiger charge is 2.09. The number of hydrogen-bond donors (Lipinski definition) is 1. The minimum Gasteiger partial charge on any atom is -0.356 e. The molecule has 0 unspecified atom stereocenters. The molecule has 0 saturated carbocycles. The van der Waals surface area contributed by atoms with Crippen LogP contribution in [0.3, 0.4) is 0 Å². The first-order valence-corrected chi connectivity index (χ1v) is 9.29. The van der Waals surface area contributed by atoms with Gasteiger partial charge in [0.15, 0.2) is 4.34 Å². The van der Waals surface area contributed by atoms with Crippen molar-refractivity contribution in [1.82, 2.24) is 20.5 Å². The van der Waals surface area contributed by atoms with Crippen molar-refractivity contribution < 1.29 is 4.79 Å². The zero-order chi connectivity index (χ0) is 15.2. The van der Waals surface area contributed by atoms with Crippen molar-refractivity contribution in [2.75, 3.05) is 12.3 Å². The predicted molar refractivity (Wildman–Crippen MR) is 88.3 cm³/mol. The molecular weight excluding hydrogens is 324 g/mol. The highest BCUT2D eigenvalue weighted by atomic mass is 32.2. The summed E-state index contributed by atoms with van der Waals surface area (Å²) in [5.74, 6) is 1.01. The summed E-state index contributed by atoms with van der Waals surface area (Å²) in [5, 5.41) is 13.0. The number of aromatic nitrogens is 3. The van der Waals surface area contributed by atoms with E-state index in [4.69, 9.17) is 0 Å². The van der Waals surface area contributed by atoms with Gasteiger partial charge in [0.25, 0.3) is 0 Å². The van der Waals surface area contributed by atoms with E-state index in [1.807, 2.05) is 20.8 Å². The molecule has 0 aromatic carbocycles. The minimum atomic E-state index is 0.0681. The normalized spacial score (nSPS) is 10.8. The van der Waals surface area contributed by atoms with Gasteiger partial charge in [0.1, 0.15) is 5.01 Å². The molecule has 2 aromatic heterocycles. The summed E-state index contributed by atoms with van der Waals surface area (Å²) in [6, 6.07) is 0. The van der Waals surface area contributed by atoms with Gasteiger partial charge in [0.05, 0.1) is 17.1 Å². The average molecular weight is 343 g/mol. The van der Waals surface area contributed by atoms with E-state index >= 15 is 0 Å². The lowest BCUT2D eigenvalue weighted by molar-refractivity contribution is -0.120. The molecule has 0 spiro atoms. The van der Waals surface area contributed by atoms with Crippen molar-refractivity contribution in [3.05, 3.63) is 20.6 Å². The molecule has 8 heteroatoms. The molecule has 114 valence electrons. The Kier molecular flexibility index (Phi) is 6.13. The van der Waals surface area contributed by atoms with Crippen LogP contribution in [0.5, 0.6) is 0 Å². The zero-order valence-corrected chi connectivity index (χ0v) is 14.8. The van der Waals surface area contributed by atoms with Crippen LogP contribution in [0.25, 0.3) is 0 Å². The second-order valence-electron chi connectivity index (χ2n) is 4.56. The predicted octanol–water partition coefficient (Wildman–Crippen LogP) is 2.76. The van der Waals surface area contributed by atoms with E-state index < -0.39 is 0 Å². The van der Waals surface area contributed by atoms with Gasteiger partial charge in [-0.15, -0.1) is 21.5 Å². The van der Waals surface area contributed by atoms with Crippen LogP contribution in [0.4, 0.5) is 0 Å². The van der Waals surface area contributed by atoms with Crippen LogP contribution in [0, 0.1) is 20.8 Å². The first kappa shape index (κ1) is 16.4. The summed E-state index contributed by atoms with van der Waals surface area (Å²) in [5.41, 5.74) is 0.967. The van der Waals surface area contributed by atoms with Crippen molar-refractivity contribution in [2.24, 2.45) is 0 Å². The number of nitrogens with one attached hydrogen (secondary N) is 1. The lowest BCUT2D eigenvalue weighted by Crippen LogP contribution is -2.26. The Hall–Kier alpha value is -0.990. The molecule has 21 heavy (non-hydrogen) atoms. The molecule has 0 aliphatic heterocycles. The molecule has 0 radical (unpaired) electrons. The Bertz CT molecular complexity index is 608. The van der Waals surface area contributed by atoms with Crippen LogP contribution in [0.15, 0.2) is 4.34 Å². The summed E-state index contributed by atoms with van der Waals surface area (Å²) in [6.07, 6.45) is 1.36. The highest BCUT2D eigenvalue weighted by Crippen LogP contribution is 2.22. The number of hydrogen-bond acceptors (Lipinski definition) is 7. The van der Waals surface area contributed by atoms with Crippen molar-refractivity contribution in [3.63, 3.8) is 0 Å². The smallest absolute Gasteiger partial charge is 0.225 e. The van der Waals surface area contributed by atoms with E-state index in [9.17, 15) is 4.79 Å². The number of rotatable bonds is 7. The second kappa shape index (κ2) is 7.86. The van der Waals surface area contributed by atoms with Crippen LogP contribution in [0.1, 0.15) is 27.0 Å². The number of thiazole rings is 1. The zero-order valence-electron chi connectivity index (χ0n) is 12.3. The maximum atomic E-state index is 11.9. The third kappa shape index (κ3) is 5.37. The maximum absolute atomic E-state index is 11.9. The summed E-state index contributed by atoms with van der Waals surface area (Å²) in [7, 11) is 0. The molecule has 0 fully saturated rings. The molecule has 0 atom stereocenters.